The molecule has 1 aliphatic heterocycles. The molecule has 0 spiro atoms. The van der Waals surface area contributed by atoms with Gasteiger partial charge in [-0.05, 0) is 67.5 Å². The second kappa shape index (κ2) is 11.3. The first kappa shape index (κ1) is 26.0. The molecule has 4 rings (SSSR count). The third kappa shape index (κ3) is 5.50. The zero-order valence-electron chi connectivity index (χ0n) is 21.1. The summed E-state index contributed by atoms with van der Waals surface area (Å²) in [6, 6.07) is 14.9. The summed E-state index contributed by atoms with van der Waals surface area (Å²) >= 11 is 2.96. The molecule has 188 valence electrons. The van der Waals surface area contributed by atoms with E-state index in [1.807, 2.05) is 81.6 Å². The lowest BCUT2D eigenvalue weighted by molar-refractivity contribution is -0.140. The van der Waals surface area contributed by atoms with Crippen molar-refractivity contribution >= 4 is 35.1 Å². The van der Waals surface area contributed by atoms with E-state index in [0.717, 1.165) is 21.8 Å². The number of nitrogens with zero attached hydrogens (tertiary/aromatic N) is 2. The second-order valence-electron chi connectivity index (χ2n) is 8.85. The van der Waals surface area contributed by atoms with E-state index in [1.165, 1.54) is 11.3 Å². The van der Waals surface area contributed by atoms with Gasteiger partial charge in [-0.15, -0.1) is 11.8 Å². The molecule has 0 fully saturated rings. The number of thiazole rings is 1. The summed E-state index contributed by atoms with van der Waals surface area (Å²) in [5.74, 6) is 0.541. The fraction of sp³-hybridized carbons (Fsp3) is 0.321. The van der Waals surface area contributed by atoms with Crippen molar-refractivity contribution in [3.8, 4) is 5.75 Å². The number of ether oxygens (including phenoxy) is 2. The summed E-state index contributed by atoms with van der Waals surface area (Å²) in [7, 11) is 0. The third-order valence-electron chi connectivity index (χ3n) is 5.71. The van der Waals surface area contributed by atoms with Gasteiger partial charge < -0.3 is 9.47 Å². The van der Waals surface area contributed by atoms with Gasteiger partial charge in [-0.2, -0.15) is 0 Å². The Morgan fingerprint density at radius 1 is 1.17 bits per heavy atom. The number of rotatable bonds is 8. The lowest BCUT2D eigenvalue weighted by atomic mass is 9.96. The Bertz CT molecular complexity index is 1450. The lowest BCUT2D eigenvalue weighted by Gasteiger charge is -2.25. The molecule has 1 aromatic heterocycles. The second-order valence-corrected chi connectivity index (χ2v) is 10.7. The van der Waals surface area contributed by atoms with Gasteiger partial charge in [-0.3, -0.25) is 9.36 Å². The number of carbonyl (C=O) groups is 1. The van der Waals surface area contributed by atoms with Crippen molar-refractivity contribution in [1.29, 1.82) is 0 Å². The lowest BCUT2D eigenvalue weighted by Crippen LogP contribution is -2.40. The number of aromatic nitrogens is 1. The van der Waals surface area contributed by atoms with Crippen LogP contribution in [-0.4, -0.2) is 30.0 Å². The van der Waals surface area contributed by atoms with Crippen LogP contribution < -0.4 is 19.6 Å². The van der Waals surface area contributed by atoms with Crippen molar-refractivity contribution in [3.05, 3.63) is 90.6 Å². The van der Waals surface area contributed by atoms with Crippen LogP contribution in [0.4, 0.5) is 0 Å². The van der Waals surface area contributed by atoms with Crippen molar-refractivity contribution in [3.63, 3.8) is 0 Å². The highest BCUT2D eigenvalue weighted by Crippen LogP contribution is 2.31. The van der Waals surface area contributed by atoms with E-state index < -0.39 is 12.0 Å². The fourth-order valence-corrected chi connectivity index (χ4v) is 5.44. The van der Waals surface area contributed by atoms with Gasteiger partial charge in [-0.1, -0.05) is 49.4 Å². The van der Waals surface area contributed by atoms with E-state index >= 15 is 0 Å². The SMILES string of the molecule is CCOc1ccc(C=c2sc3n(c2=O)C(c2ccc(SC)cc2)C(C(=O)OCC(C)C)=C(C)N=3)cc1. The van der Waals surface area contributed by atoms with Gasteiger partial charge in [0.2, 0.25) is 0 Å². The molecule has 0 saturated heterocycles. The number of hydrogen-bond donors (Lipinski definition) is 0. The highest BCUT2D eigenvalue weighted by molar-refractivity contribution is 7.98. The van der Waals surface area contributed by atoms with E-state index in [4.69, 9.17) is 9.47 Å². The molecule has 8 heteroatoms. The van der Waals surface area contributed by atoms with Gasteiger partial charge in [0.1, 0.15) is 5.75 Å². The molecular weight excluding hydrogens is 492 g/mol. The summed E-state index contributed by atoms with van der Waals surface area (Å²) in [6.07, 6.45) is 3.86. The predicted molar refractivity (Wildman–Crippen MR) is 145 cm³/mol. The number of allylic oxidation sites excluding steroid dienone is 1. The molecule has 36 heavy (non-hydrogen) atoms. The molecule has 0 amide bonds. The first-order valence-electron chi connectivity index (χ1n) is 11.9. The van der Waals surface area contributed by atoms with Crippen LogP contribution in [0, 0.1) is 5.92 Å². The Hall–Kier alpha value is -3.10. The maximum absolute atomic E-state index is 13.7. The van der Waals surface area contributed by atoms with E-state index in [0.29, 0.717) is 33.8 Å². The number of carbonyl (C=O) groups excluding carboxylic acids is 1. The van der Waals surface area contributed by atoms with Crippen molar-refractivity contribution in [1.82, 2.24) is 4.57 Å². The van der Waals surface area contributed by atoms with Crippen LogP contribution in [0.25, 0.3) is 6.08 Å². The molecule has 0 bridgehead atoms. The smallest absolute Gasteiger partial charge is 0.338 e. The Labute approximate surface area is 219 Å². The number of benzene rings is 2. The summed E-state index contributed by atoms with van der Waals surface area (Å²) < 4.78 is 13.3. The van der Waals surface area contributed by atoms with Crippen LogP contribution in [0.3, 0.4) is 0 Å². The zero-order valence-corrected chi connectivity index (χ0v) is 22.7. The van der Waals surface area contributed by atoms with E-state index in [2.05, 4.69) is 4.99 Å². The quantitative estimate of drug-likeness (QED) is 0.321. The van der Waals surface area contributed by atoms with Crippen molar-refractivity contribution in [2.75, 3.05) is 19.5 Å². The minimum absolute atomic E-state index is 0.187. The van der Waals surface area contributed by atoms with Gasteiger partial charge in [0.15, 0.2) is 4.80 Å². The van der Waals surface area contributed by atoms with Crippen molar-refractivity contribution in [2.24, 2.45) is 10.9 Å². The molecule has 6 nitrogen and oxygen atoms in total. The zero-order chi connectivity index (χ0) is 25.8. The molecular formula is C28H30N2O4S2. The molecule has 1 unspecified atom stereocenters. The average Bonchev–Trinajstić information content (AvgIpc) is 3.17. The van der Waals surface area contributed by atoms with Gasteiger partial charge in [0.25, 0.3) is 5.56 Å². The summed E-state index contributed by atoms with van der Waals surface area (Å²) in [6.45, 7) is 8.62. The van der Waals surface area contributed by atoms with Crippen LogP contribution in [0.15, 0.2) is 74.5 Å². The van der Waals surface area contributed by atoms with Gasteiger partial charge in [0, 0.05) is 4.90 Å². The van der Waals surface area contributed by atoms with Crippen LogP contribution in [0.5, 0.6) is 5.75 Å². The maximum atomic E-state index is 13.7. The molecule has 1 atom stereocenters. The molecule has 0 N–H and O–H groups in total. The predicted octanol–water partition coefficient (Wildman–Crippen LogP) is 4.56. The van der Waals surface area contributed by atoms with Crippen LogP contribution in [0.1, 0.15) is 44.9 Å². The molecule has 0 saturated carbocycles. The first-order chi connectivity index (χ1) is 17.3. The minimum atomic E-state index is -0.612. The Morgan fingerprint density at radius 2 is 1.86 bits per heavy atom. The van der Waals surface area contributed by atoms with Crippen LogP contribution in [-0.2, 0) is 9.53 Å². The highest BCUT2D eigenvalue weighted by atomic mass is 32.2. The van der Waals surface area contributed by atoms with Crippen LogP contribution >= 0.6 is 23.1 Å². The largest absolute Gasteiger partial charge is 0.494 e. The van der Waals surface area contributed by atoms with Gasteiger partial charge in [-0.25, -0.2) is 9.79 Å². The summed E-state index contributed by atoms with van der Waals surface area (Å²) in [4.78, 5) is 33.3. The molecule has 0 radical (unpaired) electrons. The van der Waals surface area contributed by atoms with E-state index in [9.17, 15) is 9.59 Å². The molecule has 2 heterocycles. The molecule has 1 aliphatic rings. The first-order valence-corrected chi connectivity index (χ1v) is 13.9. The number of esters is 1. The Balaban J connectivity index is 1.84. The standard InChI is InChI=1S/C28H30N2O4S2/c1-6-33-21-11-7-19(8-12-21)15-23-26(31)30-25(20-9-13-22(35-5)14-10-20)24(18(4)29-28(30)36-23)27(32)34-16-17(2)3/h7-15,17,25H,6,16H2,1-5H3. The summed E-state index contributed by atoms with van der Waals surface area (Å²) in [5, 5.41) is 0. The molecule has 3 aromatic rings. The van der Waals surface area contributed by atoms with E-state index in [1.54, 1.807) is 23.3 Å². The van der Waals surface area contributed by atoms with E-state index in [-0.39, 0.29) is 11.5 Å². The number of thioether (sulfide) groups is 1. The maximum Gasteiger partial charge on any atom is 0.338 e. The Morgan fingerprint density at radius 3 is 2.47 bits per heavy atom. The van der Waals surface area contributed by atoms with Crippen molar-refractivity contribution in [2.45, 2.75) is 38.6 Å². The topological polar surface area (TPSA) is 69.9 Å². The van der Waals surface area contributed by atoms with Gasteiger partial charge >= 0.3 is 5.97 Å². The number of hydrogen-bond acceptors (Lipinski definition) is 7. The van der Waals surface area contributed by atoms with Crippen LogP contribution in [0.2, 0.25) is 0 Å². The molecule has 0 aliphatic carbocycles. The van der Waals surface area contributed by atoms with Crippen molar-refractivity contribution < 1.29 is 14.3 Å². The third-order valence-corrected chi connectivity index (χ3v) is 7.44. The average molecular weight is 523 g/mol. The highest BCUT2D eigenvalue weighted by Gasteiger charge is 2.33. The fourth-order valence-electron chi connectivity index (χ4n) is 3.98. The normalized spacial score (nSPS) is 15.6. The monoisotopic (exact) mass is 522 g/mol. The number of fused-ring (bicyclic) bond motifs is 1. The molecule has 2 aromatic carbocycles. The van der Waals surface area contributed by atoms with Gasteiger partial charge in [0.05, 0.1) is 35.1 Å². The minimum Gasteiger partial charge on any atom is -0.494 e. The summed E-state index contributed by atoms with van der Waals surface area (Å²) in [5.41, 5.74) is 2.50. The Kier molecular flexibility index (Phi) is 8.16.